The lowest BCUT2D eigenvalue weighted by Gasteiger charge is -2.22. The van der Waals surface area contributed by atoms with Crippen molar-refractivity contribution >= 4 is 20.6 Å². The Morgan fingerprint density at radius 2 is 2.13 bits per heavy atom. The standard InChI is InChI=1S/C17H26ClO4Si/c1-13(22-23(2)3)15-8-7-14(12-16(15)18)19-10-11-21-17-6-4-5-9-20-17/h7-8,12-13,17H,4-6,9-11H2,1-3H3/t13-,17?/m0/s1. The quantitative estimate of drug-likeness (QED) is 0.503. The van der Waals surface area contributed by atoms with Crippen molar-refractivity contribution in [2.75, 3.05) is 19.8 Å². The molecule has 0 N–H and O–H groups in total. The molecule has 1 heterocycles. The van der Waals surface area contributed by atoms with Crippen molar-refractivity contribution in [1.29, 1.82) is 0 Å². The Balaban J connectivity index is 1.76. The van der Waals surface area contributed by atoms with E-state index in [1.54, 1.807) is 0 Å². The van der Waals surface area contributed by atoms with Gasteiger partial charge >= 0.3 is 0 Å². The lowest BCUT2D eigenvalue weighted by molar-refractivity contribution is -0.165. The summed E-state index contributed by atoms with van der Waals surface area (Å²) in [6.45, 7) is 8.05. The minimum atomic E-state index is -0.753. The van der Waals surface area contributed by atoms with Gasteiger partial charge in [-0.25, -0.2) is 0 Å². The van der Waals surface area contributed by atoms with E-state index in [9.17, 15) is 0 Å². The fraction of sp³-hybridized carbons (Fsp3) is 0.647. The third-order valence-electron chi connectivity index (χ3n) is 3.62. The summed E-state index contributed by atoms with van der Waals surface area (Å²) in [6, 6.07) is 5.74. The molecule has 0 bridgehead atoms. The van der Waals surface area contributed by atoms with Crippen molar-refractivity contribution in [3.05, 3.63) is 28.8 Å². The molecule has 0 amide bonds. The van der Waals surface area contributed by atoms with Gasteiger partial charge in [0.1, 0.15) is 12.4 Å². The molecule has 1 aliphatic heterocycles. The summed E-state index contributed by atoms with van der Waals surface area (Å²) in [5.74, 6) is 0.748. The average molecular weight is 358 g/mol. The molecule has 1 aromatic rings. The minimum Gasteiger partial charge on any atom is -0.491 e. The predicted octanol–water partition coefficient (Wildman–Crippen LogP) is 4.59. The second-order valence-corrected chi connectivity index (χ2v) is 8.33. The zero-order chi connectivity index (χ0) is 16.7. The Morgan fingerprint density at radius 3 is 2.78 bits per heavy atom. The van der Waals surface area contributed by atoms with Crippen LogP contribution >= 0.6 is 11.6 Å². The maximum Gasteiger partial charge on any atom is 0.205 e. The van der Waals surface area contributed by atoms with Crippen molar-refractivity contribution < 1.29 is 18.6 Å². The van der Waals surface area contributed by atoms with Crippen LogP contribution in [0.15, 0.2) is 18.2 Å². The number of hydrogen-bond donors (Lipinski definition) is 0. The smallest absolute Gasteiger partial charge is 0.205 e. The molecular weight excluding hydrogens is 332 g/mol. The Labute approximate surface area is 145 Å². The molecule has 0 aliphatic carbocycles. The third kappa shape index (κ3) is 6.43. The van der Waals surface area contributed by atoms with Crippen LogP contribution in [0.2, 0.25) is 18.1 Å². The van der Waals surface area contributed by atoms with Crippen LogP contribution in [0.25, 0.3) is 0 Å². The molecule has 1 aromatic carbocycles. The Bertz CT molecular complexity index is 478. The highest BCUT2D eigenvalue weighted by Gasteiger charge is 2.15. The van der Waals surface area contributed by atoms with Crippen molar-refractivity contribution in [3.63, 3.8) is 0 Å². The molecule has 0 aromatic heterocycles. The van der Waals surface area contributed by atoms with E-state index in [1.165, 1.54) is 6.42 Å². The van der Waals surface area contributed by atoms with E-state index < -0.39 is 9.04 Å². The normalized spacial score (nSPS) is 19.8. The van der Waals surface area contributed by atoms with Gasteiger partial charge in [0.15, 0.2) is 6.29 Å². The zero-order valence-corrected chi connectivity index (χ0v) is 15.9. The Morgan fingerprint density at radius 1 is 1.30 bits per heavy atom. The lowest BCUT2D eigenvalue weighted by atomic mass is 10.1. The van der Waals surface area contributed by atoms with Crippen LogP contribution in [0.1, 0.15) is 37.9 Å². The topological polar surface area (TPSA) is 36.9 Å². The highest BCUT2D eigenvalue weighted by Crippen LogP contribution is 2.29. The molecule has 23 heavy (non-hydrogen) atoms. The lowest BCUT2D eigenvalue weighted by Crippen LogP contribution is -2.24. The third-order valence-corrected chi connectivity index (χ3v) is 4.77. The van der Waals surface area contributed by atoms with Crippen LogP contribution in [0.3, 0.4) is 0 Å². The van der Waals surface area contributed by atoms with Gasteiger partial charge in [-0.15, -0.1) is 0 Å². The van der Waals surface area contributed by atoms with E-state index in [1.807, 2.05) is 25.1 Å². The van der Waals surface area contributed by atoms with Gasteiger partial charge in [-0.2, -0.15) is 0 Å². The Kier molecular flexibility index (Phi) is 7.86. The molecular formula is C17H26ClO4Si. The largest absolute Gasteiger partial charge is 0.491 e. The van der Waals surface area contributed by atoms with Crippen LogP contribution in [-0.2, 0) is 13.9 Å². The van der Waals surface area contributed by atoms with Crippen LogP contribution in [-0.4, -0.2) is 35.2 Å². The fourth-order valence-electron chi connectivity index (χ4n) is 2.53. The molecule has 1 aliphatic rings. The monoisotopic (exact) mass is 357 g/mol. The van der Waals surface area contributed by atoms with Gasteiger partial charge in [-0.3, -0.25) is 0 Å². The molecule has 1 unspecified atom stereocenters. The van der Waals surface area contributed by atoms with Gasteiger partial charge in [0.25, 0.3) is 0 Å². The molecule has 6 heteroatoms. The molecule has 4 nitrogen and oxygen atoms in total. The molecule has 2 rings (SSSR count). The molecule has 1 radical (unpaired) electrons. The van der Waals surface area contributed by atoms with E-state index in [-0.39, 0.29) is 12.4 Å². The first-order valence-electron chi connectivity index (χ1n) is 8.18. The fourth-order valence-corrected chi connectivity index (χ4v) is 3.68. The van der Waals surface area contributed by atoms with E-state index in [4.69, 9.17) is 30.2 Å². The molecule has 1 saturated heterocycles. The second kappa shape index (κ2) is 9.64. The summed E-state index contributed by atoms with van der Waals surface area (Å²) < 4.78 is 22.7. The van der Waals surface area contributed by atoms with Gasteiger partial charge in [-0.1, -0.05) is 17.7 Å². The second-order valence-electron chi connectivity index (χ2n) is 5.87. The van der Waals surface area contributed by atoms with Crippen LogP contribution < -0.4 is 4.74 Å². The number of rotatable bonds is 8. The predicted molar refractivity (Wildman–Crippen MR) is 93.5 cm³/mol. The van der Waals surface area contributed by atoms with Gasteiger partial charge in [0.2, 0.25) is 9.04 Å². The first-order valence-corrected chi connectivity index (χ1v) is 11.0. The Hall–Kier alpha value is -0.593. The average Bonchev–Trinajstić information content (AvgIpc) is 2.52. The summed E-state index contributed by atoms with van der Waals surface area (Å²) in [5.41, 5.74) is 0.997. The number of halogens is 1. The van der Waals surface area contributed by atoms with Gasteiger partial charge in [-0.05, 0) is 57.0 Å². The van der Waals surface area contributed by atoms with Crippen molar-refractivity contribution in [1.82, 2.24) is 0 Å². The number of benzene rings is 1. The molecule has 0 saturated carbocycles. The van der Waals surface area contributed by atoms with Crippen LogP contribution in [0.5, 0.6) is 5.75 Å². The van der Waals surface area contributed by atoms with E-state index in [0.29, 0.717) is 18.2 Å². The van der Waals surface area contributed by atoms with E-state index in [0.717, 1.165) is 30.8 Å². The summed E-state index contributed by atoms with van der Waals surface area (Å²) in [4.78, 5) is 0. The number of ether oxygens (including phenoxy) is 3. The summed E-state index contributed by atoms with van der Waals surface area (Å²) >= 11 is 6.34. The zero-order valence-electron chi connectivity index (χ0n) is 14.1. The van der Waals surface area contributed by atoms with Gasteiger partial charge < -0.3 is 18.6 Å². The van der Waals surface area contributed by atoms with Crippen LogP contribution in [0, 0.1) is 0 Å². The molecule has 0 spiro atoms. The molecule has 1 fully saturated rings. The summed E-state index contributed by atoms with van der Waals surface area (Å²) in [5, 5.41) is 0.676. The van der Waals surface area contributed by atoms with E-state index in [2.05, 4.69) is 13.1 Å². The maximum atomic E-state index is 6.34. The minimum absolute atomic E-state index is 0.00669. The van der Waals surface area contributed by atoms with Crippen molar-refractivity contribution in [2.24, 2.45) is 0 Å². The molecule has 2 atom stereocenters. The van der Waals surface area contributed by atoms with Gasteiger partial charge in [0, 0.05) is 11.6 Å². The first-order chi connectivity index (χ1) is 11.1. The van der Waals surface area contributed by atoms with E-state index >= 15 is 0 Å². The van der Waals surface area contributed by atoms with Crippen LogP contribution in [0.4, 0.5) is 0 Å². The summed E-state index contributed by atoms with van der Waals surface area (Å²) in [7, 11) is -0.753. The highest BCUT2D eigenvalue weighted by atomic mass is 35.5. The van der Waals surface area contributed by atoms with Crippen molar-refractivity contribution in [2.45, 2.75) is 51.7 Å². The SMILES string of the molecule is C[C@H](O[Si](C)C)c1ccc(OCCOC2CCCCO2)cc1Cl. The maximum absolute atomic E-state index is 6.34. The first kappa shape index (κ1) is 18.7. The van der Waals surface area contributed by atoms with Gasteiger partial charge in [0.05, 0.1) is 12.7 Å². The molecule has 129 valence electrons. The summed E-state index contributed by atoms with van der Waals surface area (Å²) in [6.07, 6.45) is 3.20. The number of hydrogen-bond acceptors (Lipinski definition) is 4. The highest BCUT2D eigenvalue weighted by molar-refractivity contribution is 6.48. The van der Waals surface area contributed by atoms with Crippen molar-refractivity contribution in [3.8, 4) is 5.75 Å².